The zero-order valence-electron chi connectivity index (χ0n) is 16.2. The molecule has 4 aromatic rings. The molecule has 146 valence electrons. The SMILES string of the molecule is Cc1cccc(-c2nc3sc4c(c3c(=O)n2Cc2cccc(Cl)c2)CCCC4)c1. The van der Waals surface area contributed by atoms with Gasteiger partial charge in [0.1, 0.15) is 10.7 Å². The summed E-state index contributed by atoms with van der Waals surface area (Å²) in [5.74, 6) is 0.727. The lowest BCUT2D eigenvalue weighted by molar-refractivity contribution is 0.698. The number of aryl methyl sites for hydroxylation is 3. The highest BCUT2D eigenvalue weighted by molar-refractivity contribution is 7.18. The lowest BCUT2D eigenvalue weighted by atomic mass is 9.97. The van der Waals surface area contributed by atoms with Gasteiger partial charge in [-0.25, -0.2) is 4.98 Å². The van der Waals surface area contributed by atoms with Gasteiger partial charge >= 0.3 is 0 Å². The van der Waals surface area contributed by atoms with E-state index in [9.17, 15) is 4.79 Å². The van der Waals surface area contributed by atoms with Gasteiger partial charge in [-0.2, -0.15) is 0 Å². The number of hydrogen-bond acceptors (Lipinski definition) is 3. The van der Waals surface area contributed by atoms with Crippen LogP contribution in [0.25, 0.3) is 21.6 Å². The van der Waals surface area contributed by atoms with E-state index in [2.05, 4.69) is 19.1 Å². The average molecular weight is 421 g/mol. The van der Waals surface area contributed by atoms with E-state index >= 15 is 0 Å². The monoisotopic (exact) mass is 420 g/mol. The van der Waals surface area contributed by atoms with Gasteiger partial charge in [0.15, 0.2) is 0 Å². The molecule has 2 aromatic carbocycles. The van der Waals surface area contributed by atoms with Gasteiger partial charge in [0.05, 0.1) is 11.9 Å². The number of benzene rings is 2. The van der Waals surface area contributed by atoms with Crippen molar-refractivity contribution in [1.82, 2.24) is 9.55 Å². The Bertz CT molecular complexity index is 1290. The molecule has 0 aliphatic heterocycles. The topological polar surface area (TPSA) is 34.9 Å². The Labute approximate surface area is 178 Å². The van der Waals surface area contributed by atoms with E-state index < -0.39 is 0 Å². The Balaban J connectivity index is 1.78. The summed E-state index contributed by atoms with van der Waals surface area (Å²) in [4.78, 5) is 21.0. The van der Waals surface area contributed by atoms with Gasteiger partial charge < -0.3 is 0 Å². The molecule has 2 heterocycles. The van der Waals surface area contributed by atoms with Crippen molar-refractivity contribution in [2.75, 3.05) is 0 Å². The highest BCUT2D eigenvalue weighted by Crippen LogP contribution is 2.35. The smallest absolute Gasteiger partial charge is 0.263 e. The van der Waals surface area contributed by atoms with Crippen molar-refractivity contribution in [3.63, 3.8) is 0 Å². The Morgan fingerprint density at radius 1 is 1.10 bits per heavy atom. The summed E-state index contributed by atoms with van der Waals surface area (Å²) in [7, 11) is 0. The molecule has 0 N–H and O–H groups in total. The van der Waals surface area contributed by atoms with Crippen molar-refractivity contribution in [3.05, 3.63) is 85.5 Å². The maximum absolute atomic E-state index is 13.7. The lowest BCUT2D eigenvalue weighted by Gasteiger charge is -2.15. The molecule has 0 radical (unpaired) electrons. The molecule has 0 spiro atoms. The van der Waals surface area contributed by atoms with Crippen molar-refractivity contribution < 1.29 is 0 Å². The molecule has 5 heteroatoms. The van der Waals surface area contributed by atoms with Crippen LogP contribution in [-0.4, -0.2) is 9.55 Å². The van der Waals surface area contributed by atoms with Gasteiger partial charge in [0.25, 0.3) is 5.56 Å². The third-order valence-electron chi connectivity index (χ3n) is 5.58. The maximum atomic E-state index is 13.7. The van der Waals surface area contributed by atoms with Crippen LogP contribution in [0.15, 0.2) is 53.3 Å². The Morgan fingerprint density at radius 2 is 1.93 bits per heavy atom. The molecule has 29 heavy (non-hydrogen) atoms. The first kappa shape index (κ1) is 18.6. The molecule has 3 nitrogen and oxygen atoms in total. The van der Waals surface area contributed by atoms with Crippen LogP contribution >= 0.6 is 22.9 Å². The van der Waals surface area contributed by atoms with Crippen LogP contribution in [0.3, 0.4) is 0 Å². The fourth-order valence-corrected chi connectivity index (χ4v) is 5.67. The molecule has 0 atom stereocenters. The van der Waals surface area contributed by atoms with Crippen molar-refractivity contribution >= 4 is 33.2 Å². The minimum Gasteiger partial charge on any atom is -0.288 e. The summed E-state index contributed by atoms with van der Waals surface area (Å²) in [5.41, 5.74) is 4.41. The molecule has 0 fully saturated rings. The number of thiophene rings is 1. The second kappa shape index (κ2) is 7.43. The normalized spacial score (nSPS) is 13.6. The van der Waals surface area contributed by atoms with Gasteiger partial charge in [-0.1, -0.05) is 47.5 Å². The molecule has 2 aromatic heterocycles. The number of halogens is 1. The molecular weight excluding hydrogens is 400 g/mol. The van der Waals surface area contributed by atoms with Crippen molar-refractivity contribution in [3.8, 4) is 11.4 Å². The molecule has 0 saturated heterocycles. The van der Waals surface area contributed by atoms with E-state index in [-0.39, 0.29) is 5.56 Å². The van der Waals surface area contributed by atoms with Gasteiger partial charge in [-0.3, -0.25) is 9.36 Å². The van der Waals surface area contributed by atoms with E-state index in [0.717, 1.165) is 52.0 Å². The Morgan fingerprint density at radius 3 is 2.76 bits per heavy atom. The van der Waals surface area contributed by atoms with E-state index in [1.54, 1.807) is 11.3 Å². The highest BCUT2D eigenvalue weighted by atomic mass is 35.5. The van der Waals surface area contributed by atoms with Crippen LogP contribution in [0.5, 0.6) is 0 Å². The number of nitrogens with zero attached hydrogens (tertiary/aromatic N) is 2. The molecule has 0 unspecified atom stereocenters. The van der Waals surface area contributed by atoms with Crippen LogP contribution in [0, 0.1) is 6.92 Å². The Hall–Kier alpha value is -2.43. The standard InChI is InChI=1S/C24H21ClN2OS/c1-15-6-4-8-17(12-15)22-26-23-21(19-10-2-3-11-20(19)29-23)24(28)27(22)14-16-7-5-9-18(25)13-16/h4-9,12-13H,2-3,10-11,14H2,1H3. The summed E-state index contributed by atoms with van der Waals surface area (Å²) in [6, 6.07) is 15.9. The van der Waals surface area contributed by atoms with Gasteiger partial charge in [-0.15, -0.1) is 11.3 Å². The summed E-state index contributed by atoms with van der Waals surface area (Å²) < 4.78 is 1.82. The summed E-state index contributed by atoms with van der Waals surface area (Å²) in [5, 5.41) is 1.50. The molecule has 0 amide bonds. The molecular formula is C24H21ClN2OS. The van der Waals surface area contributed by atoms with Crippen LogP contribution < -0.4 is 5.56 Å². The lowest BCUT2D eigenvalue weighted by Crippen LogP contribution is -2.24. The van der Waals surface area contributed by atoms with Crippen LogP contribution in [-0.2, 0) is 19.4 Å². The second-order valence-electron chi connectivity index (χ2n) is 7.72. The number of rotatable bonds is 3. The van der Waals surface area contributed by atoms with Gasteiger partial charge in [0.2, 0.25) is 0 Å². The van der Waals surface area contributed by atoms with Crippen LogP contribution in [0.2, 0.25) is 5.02 Å². The highest BCUT2D eigenvalue weighted by Gasteiger charge is 2.22. The first-order valence-corrected chi connectivity index (χ1v) is 11.2. The predicted molar refractivity (Wildman–Crippen MR) is 121 cm³/mol. The molecule has 0 bridgehead atoms. The largest absolute Gasteiger partial charge is 0.288 e. The first-order valence-electron chi connectivity index (χ1n) is 9.97. The summed E-state index contributed by atoms with van der Waals surface area (Å²) >= 11 is 7.90. The van der Waals surface area contributed by atoms with E-state index in [1.807, 2.05) is 41.0 Å². The van der Waals surface area contributed by atoms with Crippen LogP contribution in [0.4, 0.5) is 0 Å². The number of hydrogen-bond donors (Lipinski definition) is 0. The number of fused-ring (bicyclic) bond motifs is 3. The molecule has 1 aliphatic rings. The predicted octanol–water partition coefficient (Wildman–Crippen LogP) is 6.01. The van der Waals surface area contributed by atoms with Crippen molar-refractivity contribution in [2.45, 2.75) is 39.2 Å². The third kappa shape index (κ3) is 3.41. The number of aromatic nitrogens is 2. The van der Waals surface area contributed by atoms with Crippen molar-refractivity contribution in [1.29, 1.82) is 0 Å². The minimum atomic E-state index is 0.0610. The Kier molecular flexibility index (Phi) is 4.76. The van der Waals surface area contributed by atoms with Crippen LogP contribution in [0.1, 0.15) is 34.4 Å². The average Bonchev–Trinajstić information content (AvgIpc) is 3.09. The quantitative estimate of drug-likeness (QED) is 0.406. The fraction of sp³-hybridized carbons (Fsp3) is 0.250. The molecule has 0 saturated carbocycles. The summed E-state index contributed by atoms with van der Waals surface area (Å²) in [6.07, 6.45) is 4.38. The summed E-state index contributed by atoms with van der Waals surface area (Å²) in [6.45, 7) is 2.52. The maximum Gasteiger partial charge on any atom is 0.263 e. The van der Waals surface area contributed by atoms with Gasteiger partial charge in [-0.05, 0) is 61.9 Å². The first-order chi connectivity index (χ1) is 14.1. The molecule has 5 rings (SSSR count). The zero-order valence-corrected chi connectivity index (χ0v) is 17.8. The molecule has 1 aliphatic carbocycles. The minimum absolute atomic E-state index is 0.0610. The van der Waals surface area contributed by atoms with Crippen molar-refractivity contribution in [2.24, 2.45) is 0 Å². The fourth-order valence-electron chi connectivity index (χ4n) is 4.21. The third-order valence-corrected chi connectivity index (χ3v) is 7.00. The zero-order chi connectivity index (χ0) is 20.0. The van der Waals surface area contributed by atoms with Gasteiger partial charge in [0, 0.05) is 15.5 Å². The van der Waals surface area contributed by atoms with E-state index in [1.165, 1.54) is 16.9 Å². The van der Waals surface area contributed by atoms with E-state index in [0.29, 0.717) is 11.6 Å². The van der Waals surface area contributed by atoms with E-state index in [4.69, 9.17) is 16.6 Å². The second-order valence-corrected chi connectivity index (χ2v) is 9.24.